The molecule has 0 saturated heterocycles. The zero-order chi connectivity index (χ0) is 22.8. The molecule has 0 bridgehead atoms. The first kappa shape index (κ1) is 23.3. The Morgan fingerprint density at radius 2 is 1.81 bits per heavy atom. The molecule has 2 N–H and O–H groups in total. The molecule has 0 spiro atoms. The molecule has 0 aliphatic carbocycles. The van der Waals surface area contributed by atoms with Crippen molar-refractivity contribution < 1.29 is 9.59 Å². The van der Waals surface area contributed by atoms with Gasteiger partial charge >= 0.3 is 0 Å². The van der Waals surface area contributed by atoms with Crippen molar-refractivity contribution in [3.63, 3.8) is 0 Å². The Hall–Kier alpha value is -3.39. The Morgan fingerprint density at radius 1 is 1.06 bits per heavy atom. The maximum atomic E-state index is 12.5. The fourth-order valence-corrected chi connectivity index (χ4v) is 3.92. The van der Waals surface area contributed by atoms with Crippen LogP contribution in [0, 0.1) is 6.92 Å². The first-order valence-corrected chi connectivity index (χ1v) is 11.4. The number of aryl methyl sites for hydroxylation is 1. The number of amides is 2. The van der Waals surface area contributed by atoms with Crippen LogP contribution in [0.2, 0.25) is 0 Å². The Kier molecular flexibility index (Phi) is 8.62. The van der Waals surface area contributed by atoms with Crippen LogP contribution >= 0.6 is 11.8 Å². The largest absolute Gasteiger partial charge is 0.355 e. The minimum absolute atomic E-state index is 0.0616. The maximum Gasteiger partial charge on any atom is 0.251 e. The van der Waals surface area contributed by atoms with Gasteiger partial charge in [0.2, 0.25) is 5.91 Å². The predicted molar refractivity (Wildman–Crippen MR) is 126 cm³/mol. The molecule has 0 radical (unpaired) electrons. The number of nitrogens with one attached hydrogen (secondary N) is 2. The van der Waals surface area contributed by atoms with E-state index in [0.29, 0.717) is 29.6 Å². The summed E-state index contributed by atoms with van der Waals surface area (Å²) in [6, 6.07) is 17.4. The molecule has 3 aromatic rings. The molecule has 0 aliphatic heterocycles. The summed E-state index contributed by atoms with van der Waals surface area (Å²) < 4.78 is 1.85. The fourth-order valence-electron chi connectivity index (χ4n) is 3.12. The summed E-state index contributed by atoms with van der Waals surface area (Å²) in [5.41, 5.74) is 2.72. The lowest BCUT2D eigenvalue weighted by Crippen LogP contribution is -2.27. The molecular weight excluding hydrogens is 422 g/mol. The average molecular weight is 450 g/mol. The van der Waals surface area contributed by atoms with Crippen molar-refractivity contribution >= 4 is 23.6 Å². The third-order valence-corrected chi connectivity index (χ3v) is 5.78. The van der Waals surface area contributed by atoms with Crippen LogP contribution in [0.3, 0.4) is 0 Å². The van der Waals surface area contributed by atoms with E-state index in [1.807, 2.05) is 60.0 Å². The number of allylic oxidation sites excluding steroid dienone is 1. The first-order chi connectivity index (χ1) is 15.6. The smallest absolute Gasteiger partial charge is 0.251 e. The highest BCUT2D eigenvalue weighted by molar-refractivity contribution is 7.99. The van der Waals surface area contributed by atoms with Gasteiger partial charge in [0.25, 0.3) is 5.91 Å². The van der Waals surface area contributed by atoms with Crippen molar-refractivity contribution in [2.24, 2.45) is 0 Å². The zero-order valence-electron chi connectivity index (χ0n) is 18.1. The monoisotopic (exact) mass is 449 g/mol. The van der Waals surface area contributed by atoms with Crippen LogP contribution in [0.5, 0.6) is 0 Å². The van der Waals surface area contributed by atoms with Crippen molar-refractivity contribution in [2.75, 3.05) is 12.3 Å². The lowest BCUT2D eigenvalue weighted by Gasteiger charge is -2.10. The summed E-state index contributed by atoms with van der Waals surface area (Å²) in [6.07, 6.45) is 2.52. The quantitative estimate of drug-likeness (QED) is 0.347. The predicted octanol–water partition coefficient (Wildman–Crippen LogP) is 3.15. The van der Waals surface area contributed by atoms with Crippen LogP contribution in [-0.4, -0.2) is 38.9 Å². The van der Waals surface area contributed by atoms with Gasteiger partial charge in [-0.25, -0.2) is 0 Å². The number of rotatable bonds is 11. The van der Waals surface area contributed by atoms with Gasteiger partial charge < -0.3 is 15.2 Å². The molecule has 32 heavy (non-hydrogen) atoms. The molecule has 0 unspecified atom stereocenters. The minimum atomic E-state index is -0.164. The third-order valence-electron chi connectivity index (χ3n) is 4.81. The first-order valence-electron chi connectivity index (χ1n) is 10.4. The molecule has 0 saturated carbocycles. The molecule has 7 nitrogen and oxygen atoms in total. The van der Waals surface area contributed by atoms with Gasteiger partial charge in [-0.15, -0.1) is 16.8 Å². The molecule has 1 heterocycles. The number of hydrogen-bond donors (Lipinski definition) is 2. The second-order valence-corrected chi connectivity index (χ2v) is 8.11. The number of carbonyl (C=O) groups is 2. The highest BCUT2D eigenvalue weighted by Gasteiger charge is 2.15. The van der Waals surface area contributed by atoms with E-state index in [9.17, 15) is 9.59 Å². The SMILES string of the molecule is C=CCn1c(CNC(=O)c2ccccc2C)nnc1SCC(=O)NCCc1ccccc1. The van der Waals surface area contributed by atoms with E-state index < -0.39 is 0 Å². The Labute approximate surface area is 192 Å². The van der Waals surface area contributed by atoms with Gasteiger partial charge in [-0.1, -0.05) is 66.4 Å². The van der Waals surface area contributed by atoms with Gasteiger partial charge in [-0.3, -0.25) is 9.59 Å². The molecule has 1 aromatic heterocycles. The molecule has 2 aromatic carbocycles. The van der Waals surface area contributed by atoms with E-state index in [1.54, 1.807) is 12.1 Å². The summed E-state index contributed by atoms with van der Waals surface area (Å²) in [6.45, 7) is 6.98. The number of thioether (sulfide) groups is 1. The summed E-state index contributed by atoms with van der Waals surface area (Å²) in [4.78, 5) is 24.7. The normalized spacial score (nSPS) is 10.5. The summed E-state index contributed by atoms with van der Waals surface area (Å²) >= 11 is 1.31. The number of hydrogen-bond acceptors (Lipinski definition) is 5. The van der Waals surface area contributed by atoms with Gasteiger partial charge in [0, 0.05) is 18.7 Å². The van der Waals surface area contributed by atoms with Gasteiger partial charge in [0.1, 0.15) is 0 Å². The van der Waals surface area contributed by atoms with Gasteiger partial charge in [0.05, 0.1) is 12.3 Å². The number of carbonyl (C=O) groups excluding carboxylic acids is 2. The van der Waals surface area contributed by atoms with Crippen LogP contribution in [0.25, 0.3) is 0 Å². The molecule has 0 aliphatic rings. The molecule has 0 atom stereocenters. The maximum absolute atomic E-state index is 12.5. The molecule has 2 amide bonds. The van der Waals surface area contributed by atoms with E-state index >= 15 is 0 Å². The zero-order valence-corrected chi connectivity index (χ0v) is 18.9. The second-order valence-electron chi connectivity index (χ2n) is 7.17. The van der Waals surface area contributed by atoms with Crippen molar-refractivity contribution in [3.8, 4) is 0 Å². The highest BCUT2D eigenvalue weighted by atomic mass is 32.2. The standard InChI is InChI=1S/C24H27N5O2S/c1-3-15-29-21(16-26-23(31)20-12-8-7-9-18(20)2)27-28-24(29)32-17-22(30)25-14-13-19-10-5-4-6-11-19/h3-12H,1,13-17H2,2H3,(H,25,30)(H,26,31). The van der Waals surface area contributed by atoms with Crippen LogP contribution in [-0.2, 0) is 24.3 Å². The molecule has 8 heteroatoms. The number of benzene rings is 2. The lowest BCUT2D eigenvalue weighted by molar-refractivity contribution is -0.118. The third kappa shape index (κ3) is 6.55. The van der Waals surface area contributed by atoms with Gasteiger partial charge in [0.15, 0.2) is 11.0 Å². The van der Waals surface area contributed by atoms with Crippen molar-refractivity contribution in [1.29, 1.82) is 0 Å². The molecule has 166 valence electrons. The van der Waals surface area contributed by atoms with Gasteiger partial charge in [-0.2, -0.15) is 0 Å². The van der Waals surface area contributed by atoms with Crippen LogP contribution in [0.4, 0.5) is 0 Å². The topological polar surface area (TPSA) is 88.9 Å². The Bertz CT molecular complexity index is 1070. The van der Waals surface area contributed by atoms with Crippen LogP contribution in [0.15, 0.2) is 72.4 Å². The Morgan fingerprint density at radius 3 is 2.56 bits per heavy atom. The summed E-state index contributed by atoms with van der Waals surface area (Å²) in [5.74, 6) is 0.621. The number of aromatic nitrogens is 3. The van der Waals surface area contributed by atoms with E-state index in [0.717, 1.165) is 12.0 Å². The van der Waals surface area contributed by atoms with E-state index in [1.165, 1.54) is 17.3 Å². The van der Waals surface area contributed by atoms with E-state index in [2.05, 4.69) is 27.4 Å². The van der Waals surface area contributed by atoms with Crippen molar-refractivity contribution in [2.45, 2.75) is 31.6 Å². The fraction of sp³-hybridized carbons (Fsp3) is 0.250. The van der Waals surface area contributed by atoms with Crippen molar-refractivity contribution in [1.82, 2.24) is 25.4 Å². The van der Waals surface area contributed by atoms with Crippen LogP contribution in [0.1, 0.15) is 27.3 Å². The summed E-state index contributed by atoms with van der Waals surface area (Å²) in [5, 5.41) is 14.8. The van der Waals surface area contributed by atoms with Gasteiger partial charge in [-0.05, 0) is 30.5 Å². The summed E-state index contributed by atoms with van der Waals surface area (Å²) in [7, 11) is 0. The van der Waals surface area contributed by atoms with E-state index in [4.69, 9.17) is 0 Å². The molecule has 3 rings (SSSR count). The highest BCUT2D eigenvalue weighted by Crippen LogP contribution is 2.17. The van der Waals surface area contributed by atoms with E-state index in [-0.39, 0.29) is 24.1 Å². The molecule has 0 fully saturated rings. The van der Waals surface area contributed by atoms with Crippen molar-refractivity contribution in [3.05, 3.63) is 89.8 Å². The average Bonchev–Trinajstić information content (AvgIpc) is 3.19. The second kappa shape index (κ2) is 11.9. The molecular formula is C24H27N5O2S. The van der Waals surface area contributed by atoms with Crippen LogP contribution < -0.4 is 10.6 Å². The minimum Gasteiger partial charge on any atom is -0.355 e. The Balaban J connectivity index is 1.52. The number of nitrogens with zero attached hydrogens (tertiary/aromatic N) is 3. The lowest BCUT2D eigenvalue weighted by atomic mass is 10.1.